The maximum absolute atomic E-state index is 10.4. The molecule has 7 heteroatoms. The molecular weight excluding hydrogens is 368 g/mol. The summed E-state index contributed by atoms with van der Waals surface area (Å²) in [4.78, 5) is 10.4. The summed E-state index contributed by atoms with van der Waals surface area (Å²) in [6, 6.07) is 11.3. The number of nitrogens with zero attached hydrogens (tertiary/aromatic N) is 3. The third-order valence-corrected chi connectivity index (χ3v) is 5.24. The minimum Gasteiger partial charge on any atom is -0.510 e. The molecule has 3 heterocycles. The molecule has 2 aromatic heterocycles. The highest BCUT2D eigenvalue weighted by molar-refractivity contribution is 7.11. The van der Waals surface area contributed by atoms with Crippen LogP contribution in [0.1, 0.15) is 10.6 Å². The zero-order valence-electron chi connectivity index (χ0n) is 13.7. The molecule has 0 spiro atoms. The van der Waals surface area contributed by atoms with Gasteiger partial charge in [0.15, 0.2) is 0 Å². The number of hydrogen-bond acceptors (Lipinski definition) is 5. The van der Waals surface area contributed by atoms with Gasteiger partial charge in [0, 0.05) is 34.9 Å². The first-order valence-electron chi connectivity index (χ1n) is 7.98. The Hall–Kier alpha value is -2.70. The zero-order chi connectivity index (χ0) is 18.1. The van der Waals surface area contributed by atoms with E-state index in [1.807, 2.05) is 46.7 Å². The van der Waals surface area contributed by atoms with Crippen LogP contribution in [-0.2, 0) is 6.54 Å². The lowest BCUT2D eigenvalue weighted by atomic mass is 10.2. The number of pyridine rings is 1. The monoisotopic (exact) mass is 382 g/mol. The van der Waals surface area contributed by atoms with Gasteiger partial charge in [0.05, 0.1) is 17.8 Å². The standard InChI is InChI=1S/C19H15ClN4OS/c20-14-3-1-2-13(8-14)15-11-26-19(23-15)17-16(25)10-24(18(17)21)9-12-4-6-22-7-5-12/h1-8,11,21,25H,9-10H2. The number of aromatic nitrogens is 2. The van der Waals surface area contributed by atoms with E-state index in [0.29, 0.717) is 28.7 Å². The van der Waals surface area contributed by atoms with Gasteiger partial charge in [-0.2, -0.15) is 0 Å². The van der Waals surface area contributed by atoms with Crippen LogP contribution < -0.4 is 0 Å². The van der Waals surface area contributed by atoms with Crippen LogP contribution in [0.25, 0.3) is 16.8 Å². The van der Waals surface area contributed by atoms with Crippen LogP contribution in [0.4, 0.5) is 0 Å². The number of aliphatic hydroxyl groups is 1. The molecule has 0 amide bonds. The van der Waals surface area contributed by atoms with Gasteiger partial charge in [-0.1, -0.05) is 23.7 Å². The molecule has 0 unspecified atom stereocenters. The van der Waals surface area contributed by atoms with Crippen LogP contribution in [0.15, 0.2) is 59.9 Å². The van der Waals surface area contributed by atoms with Crippen LogP contribution in [0.3, 0.4) is 0 Å². The quantitative estimate of drug-likeness (QED) is 0.690. The Labute approximate surface area is 159 Å². The number of halogens is 1. The molecule has 0 saturated carbocycles. The zero-order valence-corrected chi connectivity index (χ0v) is 15.3. The van der Waals surface area contributed by atoms with Crippen LogP contribution in [0.5, 0.6) is 0 Å². The fourth-order valence-electron chi connectivity index (χ4n) is 2.87. The Kier molecular flexibility index (Phi) is 4.44. The van der Waals surface area contributed by atoms with E-state index in [1.165, 1.54) is 11.3 Å². The lowest BCUT2D eigenvalue weighted by Gasteiger charge is -2.18. The first kappa shape index (κ1) is 16.8. The highest BCUT2D eigenvalue weighted by Crippen LogP contribution is 2.33. The van der Waals surface area contributed by atoms with Crippen molar-refractivity contribution in [2.75, 3.05) is 6.54 Å². The molecule has 0 fully saturated rings. The van der Waals surface area contributed by atoms with E-state index in [0.717, 1.165) is 16.8 Å². The van der Waals surface area contributed by atoms with Crippen LogP contribution >= 0.6 is 22.9 Å². The highest BCUT2D eigenvalue weighted by Gasteiger charge is 2.30. The number of amidine groups is 1. The van der Waals surface area contributed by atoms with Crippen LogP contribution in [-0.4, -0.2) is 32.4 Å². The molecule has 26 heavy (non-hydrogen) atoms. The number of hydrogen-bond donors (Lipinski definition) is 2. The topological polar surface area (TPSA) is 73.1 Å². The lowest BCUT2D eigenvalue weighted by Crippen LogP contribution is -2.26. The minimum atomic E-state index is 0.177. The van der Waals surface area contributed by atoms with Crippen molar-refractivity contribution in [3.63, 3.8) is 0 Å². The molecule has 0 aliphatic carbocycles. The van der Waals surface area contributed by atoms with Crippen molar-refractivity contribution in [2.24, 2.45) is 0 Å². The molecule has 0 bridgehead atoms. The summed E-state index contributed by atoms with van der Waals surface area (Å²) in [5.74, 6) is 0.461. The molecule has 2 N–H and O–H groups in total. The number of nitrogens with one attached hydrogen (secondary N) is 1. The molecule has 130 valence electrons. The number of benzene rings is 1. The average Bonchev–Trinajstić information content (AvgIpc) is 3.21. The minimum absolute atomic E-state index is 0.177. The molecule has 1 aromatic carbocycles. The highest BCUT2D eigenvalue weighted by atomic mass is 35.5. The van der Waals surface area contributed by atoms with Gasteiger partial charge in [-0.3, -0.25) is 10.4 Å². The van der Waals surface area contributed by atoms with Crippen molar-refractivity contribution in [2.45, 2.75) is 6.54 Å². The smallest absolute Gasteiger partial charge is 0.135 e. The van der Waals surface area contributed by atoms with E-state index in [-0.39, 0.29) is 11.6 Å². The van der Waals surface area contributed by atoms with E-state index in [9.17, 15) is 5.11 Å². The maximum Gasteiger partial charge on any atom is 0.135 e. The Morgan fingerprint density at radius 3 is 2.81 bits per heavy atom. The fraction of sp³-hybridized carbons (Fsp3) is 0.105. The van der Waals surface area contributed by atoms with Gasteiger partial charge in [0.1, 0.15) is 16.6 Å². The van der Waals surface area contributed by atoms with Gasteiger partial charge < -0.3 is 10.0 Å². The summed E-state index contributed by atoms with van der Waals surface area (Å²) in [7, 11) is 0. The predicted octanol–water partition coefficient (Wildman–Crippen LogP) is 4.62. The Morgan fingerprint density at radius 1 is 1.23 bits per heavy atom. The van der Waals surface area contributed by atoms with Gasteiger partial charge in [-0.25, -0.2) is 4.98 Å². The van der Waals surface area contributed by atoms with Crippen molar-refractivity contribution in [1.82, 2.24) is 14.9 Å². The Bertz CT molecular complexity index is 1000. The number of thiazole rings is 1. The molecule has 1 aliphatic heterocycles. The van der Waals surface area contributed by atoms with E-state index >= 15 is 0 Å². The molecule has 0 atom stereocenters. The molecule has 0 radical (unpaired) electrons. The number of aliphatic hydroxyl groups excluding tert-OH is 1. The SMILES string of the molecule is N=C1C(c2nc(-c3cccc(Cl)c3)cs2)=C(O)CN1Cc1ccncc1. The van der Waals surface area contributed by atoms with Crippen LogP contribution in [0.2, 0.25) is 5.02 Å². The van der Waals surface area contributed by atoms with Gasteiger partial charge in [-0.15, -0.1) is 11.3 Å². The summed E-state index contributed by atoms with van der Waals surface area (Å²) in [6.45, 7) is 0.851. The van der Waals surface area contributed by atoms with Gasteiger partial charge in [0.2, 0.25) is 0 Å². The van der Waals surface area contributed by atoms with Crippen molar-refractivity contribution >= 4 is 34.3 Å². The summed E-state index contributed by atoms with van der Waals surface area (Å²) < 4.78 is 0. The van der Waals surface area contributed by atoms with Crippen LogP contribution in [0, 0.1) is 5.41 Å². The predicted molar refractivity (Wildman–Crippen MR) is 104 cm³/mol. The summed E-state index contributed by atoms with van der Waals surface area (Å²) >= 11 is 7.47. The van der Waals surface area contributed by atoms with Crippen molar-refractivity contribution < 1.29 is 5.11 Å². The molecule has 3 aromatic rings. The van der Waals surface area contributed by atoms with E-state index in [4.69, 9.17) is 17.0 Å². The van der Waals surface area contributed by atoms with Crippen molar-refractivity contribution in [3.05, 3.63) is 75.5 Å². The van der Waals surface area contributed by atoms with Crippen molar-refractivity contribution in [3.8, 4) is 11.3 Å². The normalized spacial score (nSPS) is 14.3. The lowest BCUT2D eigenvalue weighted by molar-refractivity contribution is 0.347. The maximum atomic E-state index is 10.4. The Balaban J connectivity index is 1.58. The van der Waals surface area contributed by atoms with E-state index < -0.39 is 0 Å². The Morgan fingerprint density at radius 2 is 2.04 bits per heavy atom. The fourth-order valence-corrected chi connectivity index (χ4v) is 3.96. The molecule has 5 nitrogen and oxygen atoms in total. The third-order valence-electron chi connectivity index (χ3n) is 4.14. The largest absolute Gasteiger partial charge is 0.510 e. The third kappa shape index (κ3) is 3.21. The molecule has 4 rings (SSSR count). The second-order valence-electron chi connectivity index (χ2n) is 5.93. The second-order valence-corrected chi connectivity index (χ2v) is 7.22. The second kappa shape index (κ2) is 6.90. The molecule has 1 aliphatic rings. The van der Waals surface area contributed by atoms with Gasteiger partial charge in [0.25, 0.3) is 0 Å². The summed E-state index contributed by atoms with van der Waals surface area (Å²) in [5, 5.41) is 22.1. The van der Waals surface area contributed by atoms with Gasteiger partial charge in [-0.05, 0) is 29.8 Å². The van der Waals surface area contributed by atoms with Gasteiger partial charge >= 0.3 is 0 Å². The van der Waals surface area contributed by atoms with Crippen molar-refractivity contribution in [1.29, 1.82) is 5.41 Å². The first-order valence-corrected chi connectivity index (χ1v) is 9.24. The number of rotatable bonds is 4. The summed E-state index contributed by atoms with van der Waals surface area (Å²) in [6.07, 6.45) is 3.45. The average molecular weight is 383 g/mol. The van der Waals surface area contributed by atoms with E-state index in [2.05, 4.69) is 9.97 Å². The van der Waals surface area contributed by atoms with E-state index in [1.54, 1.807) is 12.4 Å². The molecule has 0 saturated heterocycles. The first-order chi connectivity index (χ1) is 12.6. The summed E-state index contributed by atoms with van der Waals surface area (Å²) in [5.41, 5.74) is 3.24. The molecular formula is C19H15ClN4OS.